The lowest BCUT2D eigenvalue weighted by molar-refractivity contribution is -0.119. The van der Waals surface area contributed by atoms with Crippen molar-refractivity contribution in [3.05, 3.63) is 65.2 Å². The summed E-state index contributed by atoms with van der Waals surface area (Å²) in [5.74, 6) is -1.10. The van der Waals surface area contributed by atoms with Gasteiger partial charge in [0.15, 0.2) is 12.4 Å². The summed E-state index contributed by atoms with van der Waals surface area (Å²) in [5, 5.41) is 2.60. The van der Waals surface area contributed by atoms with Crippen molar-refractivity contribution in [2.24, 2.45) is 0 Å². The number of benzene rings is 2. The van der Waals surface area contributed by atoms with Crippen LogP contribution in [0.4, 0.5) is 5.69 Å². The molecular formula is C19H19NO5. The number of hydrogen-bond donors (Lipinski definition) is 1. The highest BCUT2D eigenvalue weighted by atomic mass is 16.5. The maximum Gasteiger partial charge on any atom is 0.338 e. The number of esters is 1. The van der Waals surface area contributed by atoms with Crippen molar-refractivity contribution in [3.8, 4) is 0 Å². The molecule has 0 saturated heterocycles. The average molecular weight is 341 g/mol. The molecule has 1 amide bonds. The van der Waals surface area contributed by atoms with E-state index < -0.39 is 18.5 Å². The molecule has 1 N–H and O–H groups in total. The van der Waals surface area contributed by atoms with Gasteiger partial charge in [0, 0.05) is 18.4 Å². The number of amides is 1. The van der Waals surface area contributed by atoms with Gasteiger partial charge in [-0.1, -0.05) is 12.1 Å². The maximum atomic E-state index is 12.0. The Morgan fingerprint density at radius 1 is 1.00 bits per heavy atom. The Morgan fingerprint density at radius 3 is 2.36 bits per heavy atom. The molecule has 6 nitrogen and oxygen atoms in total. The summed E-state index contributed by atoms with van der Waals surface area (Å²) in [6, 6.07) is 13.3. The lowest BCUT2D eigenvalue weighted by atomic mass is 10.1. The molecule has 130 valence electrons. The molecule has 0 atom stereocenters. The smallest absolute Gasteiger partial charge is 0.338 e. The van der Waals surface area contributed by atoms with Gasteiger partial charge in [-0.05, 0) is 48.9 Å². The summed E-state index contributed by atoms with van der Waals surface area (Å²) in [5.41, 5.74) is 2.27. The number of ketones is 1. The van der Waals surface area contributed by atoms with Crippen molar-refractivity contribution in [2.45, 2.75) is 13.5 Å². The minimum absolute atomic E-state index is 0.0532. The molecule has 25 heavy (non-hydrogen) atoms. The van der Waals surface area contributed by atoms with Crippen molar-refractivity contribution in [3.63, 3.8) is 0 Å². The van der Waals surface area contributed by atoms with Crippen LogP contribution in [0.5, 0.6) is 0 Å². The van der Waals surface area contributed by atoms with Crippen molar-refractivity contribution < 1.29 is 23.9 Å². The first-order valence-corrected chi connectivity index (χ1v) is 7.65. The third kappa shape index (κ3) is 5.54. The molecule has 0 saturated carbocycles. The zero-order valence-corrected chi connectivity index (χ0v) is 14.1. The summed E-state index contributed by atoms with van der Waals surface area (Å²) in [4.78, 5) is 35.1. The zero-order chi connectivity index (χ0) is 18.2. The molecule has 0 fully saturated rings. The second-order valence-corrected chi connectivity index (χ2v) is 5.39. The van der Waals surface area contributed by atoms with E-state index in [0.29, 0.717) is 23.4 Å². The van der Waals surface area contributed by atoms with Gasteiger partial charge in [0.25, 0.3) is 5.91 Å². The fourth-order valence-corrected chi connectivity index (χ4v) is 2.15. The van der Waals surface area contributed by atoms with Crippen LogP contribution >= 0.6 is 0 Å². The molecule has 6 heteroatoms. The SMILES string of the molecule is COCc1cccc(C(=O)OCC(=O)Nc2ccc(C(C)=O)cc2)c1. The van der Waals surface area contributed by atoms with Crippen LogP contribution in [0.3, 0.4) is 0 Å². The molecule has 2 rings (SSSR count). The van der Waals surface area contributed by atoms with E-state index in [1.54, 1.807) is 49.6 Å². The van der Waals surface area contributed by atoms with Crippen LogP contribution in [-0.2, 0) is 20.9 Å². The largest absolute Gasteiger partial charge is 0.452 e. The van der Waals surface area contributed by atoms with Gasteiger partial charge in [-0.2, -0.15) is 0 Å². The highest BCUT2D eigenvalue weighted by Crippen LogP contribution is 2.11. The normalized spacial score (nSPS) is 10.2. The minimum Gasteiger partial charge on any atom is -0.452 e. The molecule has 0 spiro atoms. The number of methoxy groups -OCH3 is 1. The fraction of sp³-hybridized carbons (Fsp3) is 0.211. The van der Waals surface area contributed by atoms with Crippen LogP contribution in [0.2, 0.25) is 0 Å². The predicted octanol–water partition coefficient (Wildman–Crippen LogP) is 2.83. The number of Topliss-reactive ketones (excluding diaryl/α,β-unsaturated/α-hetero) is 1. The molecule has 0 aliphatic heterocycles. The van der Waals surface area contributed by atoms with Gasteiger partial charge in [0.05, 0.1) is 12.2 Å². The Kier molecular flexibility index (Phi) is 6.42. The molecule has 0 aromatic heterocycles. The van der Waals surface area contributed by atoms with E-state index in [-0.39, 0.29) is 5.78 Å². The van der Waals surface area contributed by atoms with Gasteiger partial charge in [0.2, 0.25) is 0 Å². The average Bonchev–Trinajstić information content (AvgIpc) is 2.60. The summed E-state index contributed by atoms with van der Waals surface area (Å²) in [7, 11) is 1.57. The van der Waals surface area contributed by atoms with E-state index in [0.717, 1.165) is 5.56 Å². The highest BCUT2D eigenvalue weighted by molar-refractivity contribution is 5.97. The Hall–Kier alpha value is -2.99. The molecule has 0 radical (unpaired) electrons. The van der Waals surface area contributed by atoms with Crippen LogP contribution in [0.25, 0.3) is 0 Å². The van der Waals surface area contributed by atoms with E-state index >= 15 is 0 Å². The van der Waals surface area contributed by atoms with E-state index in [1.165, 1.54) is 6.92 Å². The molecule has 0 heterocycles. The minimum atomic E-state index is -0.583. The number of anilines is 1. The first-order chi connectivity index (χ1) is 12.0. The highest BCUT2D eigenvalue weighted by Gasteiger charge is 2.11. The quantitative estimate of drug-likeness (QED) is 0.618. The van der Waals surface area contributed by atoms with Gasteiger partial charge in [-0.3, -0.25) is 9.59 Å². The van der Waals surface area contributed by atoms with Crippen molar-refractivity contribution >= 4 is 23.3 Å². The number of nitrogens with one attached hydrogen (secondary N) is 1. The Bertz CT molecular complexity index is 768. The maximum absolute atomic E-state index is 12.0. The van der Waals surface area contributed by atoms with Gasteiger partial charge in [-0.25, -0.2) is 4.79 Å². The van der Waals surface area contributed by atoms with E-state index in [9.17, 15) is 14.4 Å². The summed E-state index contributed by atoms with van der Waals surface area (Å²) < 4.78 is 10.0. The molecular weight excluding hydrogens is 322 g/mol. The van der Waals surface area contributed by atoms with Crippen molar-refractivity contribution in [1.82, 2.24) is 0 Å². The third-order valence-corrected chi connectivity index (χ3v) is 3.38. The summed E-state index contributed by atoms with van der Waals surface area (Å²) >= 11 is 0. The standard InChI is InChI=1S/C19H19NO5/c1-13(21)15-6-8-17(9-7-15)20-18(22)12-25-19(23)16-5-3-4-14(10-16)11-24-2/h3-10H,11-12H2,1-2H3,(H,20,22). The van der Waals surface area contributed by atoms with Crippen LogP contribution in [0.1, 0.15) is 33.2 Å². The van der Waals surface area contributed by atoms with E-state index in [1.807, 2.05) is 6.07 Å². The van der Waals surface area contributed by atoms with Gasteiger partial charge < -0.3 is 14.8 Å². The molecule has 2 aromatic rings. The summed E-state index contributed by atoms with van der Waals surface area (Å²) in [6.07, 6.45) is 0. The van der Waals surface area contributed by atoms with Crippen LogP contribution in [0.15, 0.2) is 48.5 Å². The Balaban J connectivity index is 1.87. The number of carbonyl (C=O) groups excluding carboxylic acids is 3. The van der Waals surface area contributed by atoms with Gasteiger partial charge >= 0.3 is 5.97 Å². The lowest BCUT2D eigenvalue weighted by Gasteiger charge is -2.08. The van der Waals surface area contributed by atoms with Gasteiger partial charge in [0.1, 0.15) is 0 Å². The number of carbonyl (C=O) groups is 3. The molecule has 2 aromatic carbocycles. The zero-order valence-electron chi connectivity index (χ0n) is 14.1. The van der Waals surface area contributed by atoms with Crippen LogP contribution in [0, 0.1) is 0 Å². The number of ether oxygens (including phenoxy) is 2. The first kappa shape index (κ1) is 18.4. The second kappa shape index (κ2) is 8.75. The Labute approximate surface area is 145 Å². The number of rotatable bonds is 7. The fourth-order valence-electron chi connectivity index (χ4n) is 2.15. The first-order valence-electron chi connectivity index (χ1n) is 7.65. The molecule has 0 aliphatic carbocycles. The topological polar surface area (TPSA) is 81.7 Å². The third-order valence-electron chi connectivity index (χ3n) is 3.38. The van der Waals surface area contributed by atoms with Crippen molar-refractivity contribution in [2.75, 3.05) is 19.0 Å². The lowest BCUT2D eigenvalue weighted by Crippen LogP contribution is -2.21. The van der Waals surface area contributed by atoms with E-state index in [2.05, 4.69) is 5.32 Å². The monoisotopic (exact) mass is 341 g/mol. The van der Waals surface area contributed by atoms with E-state index in [4.69, 9.17) is 9.47 Å². The summed E-state index contributed by atoms with van der Waals surface area (Å²) in [6.45, 7) is 1.45. The molecule has 0 unspecified atom stereocenters. The molecule has 0 bridgehead atoms. The van der Waals surface area contributed by atoms with Crippen LogP contribution < -0.4 is 5.32 Å². The predicted molar refractivity (Wildman–Crippen MR) is 92.5 cm³/mol. The van der Waals surface area contributed by atoms with Crippen LogP contribution in [-0.4, -0.2) is 31.4 Å². The number of hydrogen-bond acceptors (Lipinski definition) is 5. The Morgan fingerprint density at radius 2 is 1.72 bits per heavy atom. The van der Waals surface area contributed by atoms with Gasteiger partial charge in [-0.15, -0.1) is 0 Å². The second-order valence-electron chi connectivity index (χ2n) is 5.39. The molecule has 0 aliphatic rings. The van der Waals surface area contributed by atoms with Crippen molar-refractivity contribution in [1.29, 1.82) is 0 Å².